The lowest BCUT2D eigenvalue weighted by Crippen LogP contribution is -2.08. The summed E-state index contributed by atoms with van der Waals surface area (Å²) in [5.41, 5.74) is 0.666. The third-order valence-corrected chi connectivity index (χ3v) is 1.59. The monoisotopic (exact) mass is 202 g/mol. The van der Waals surface area contributed by atoms with Crippen molar-refractivity contribution in [1.82, 2.24) is 19.8 Å². The highest BCUT2D eigenvalue weighted by Crippen LogP contribution is 2.26. The third-order valence-electron chi connectivity index (χ3n) is 1.59. The summed E-state index contributed by atoms with van der Waals surface area (Å²) in [6, 6.07) is 3.01. The maximum Gasteiger partial charge on any atom is 0.453 e. The van der Waals surface area contributed by atoms with E-state index in [0.717, 1.165) is 4.63 Å². The van der Waals surface area contributed by atoms with Gasteiger partial charge in [0.2, 0.25) is 0 Å². The maximum absolute atomic E-state index is 12.2. The zero-order valence-corrected chi connectivity index (χ0v) is 7.08. The highest BCUT2D eigenvalue weighted by molar-refractivity contribution is 5.35. The van der Waals surface area contributed by atoms with E-state index < -0.39 is 12.0 Å². The molecule has 0 aliphatic heterocycles. The number of aromatic nitrogens is 4. The number of aryl methyl sites for hydroxylation is 1. The summed E-state index contributed by atoms with van der Waals surface area (Å²) < 4.78 is 37.4. The first-order valence-corrected chi connectivity index (χ1v) is 3.75. The van der Waals surface area contributed by atoms with E-state index in [2.05, 4.69) is 15.2 Å². The van der Waals surface area contributed by atoms with Gasteiger partial charge in [-0.2, -0.15) is 18.3 Å². The first-order valence-electron chi connectivity index (χ1n) is 3.75. The van der Waals surface area contributed by atoms with Crippen LogP contribution in [0.1, 0.15) is 11.5 Å². The van der Waals surface area contributed by atoms with Crippen molar-refractivity contribution in [2.75, 3.05) is 0 Å². The fraction of sp³-hybridized carbons (Fsp3) is 0.286. The highest BCUT2D eigenvalue weighted by Gasteiger charge is 2.36. The molecule has 0 bridgehead atoms. The Morgan fingerprint density at radius 3 is 2.57 bits per heavy atom. The molecule has 0 saturated carbocycles. The van der Waals surface area contributed by atoms with E-state index in [1.54, 1.807) is 13.0 Å². The molecule has 2 aromatic heterocycles. The van der Waals surface area contributed by atoms with Crippen molar-refractivity contribution in [3.05, 3.63) is 23.7 Å². The van der Waals surface area contributed by atoms with Gasteiger partial charge in [-0.05, 0) is 19.1 Å². The van der Waals surface area contributed by atoms with Crippen LogP contribution in [0, 0.1) is 6.92 Å². The van der Waals surface area contributed by atoms with Gasteiger partial charge in [0.15, 0.2) is 5.65 Å². The lowest BCUT2D eigenvalue weighted by molar-refractivity contribution is -0.144. The van der Waals surface area contributed by atoms with E-state index in [1.165, 1.54) is 6.07 Å². The minimum Gasteiger partial charge on any atom is -0.201 e. The molecule has 0 aromatic carbocycles. The van der Waals surface area contributed by atoms with Crippen LogP contribution in [0.4, 0.5) is 13.2 Å². The van der Waals surface area contributed by atoms with Gasteiger partial charge in [-0.15, -0.1) is 9.73 Å². The van der Waals surface area contributed by atoms with Gasteiger partial charge >= 0.3 is 6.18 Å². The van der Waals surface area contributed by atoms with Crippen molar-refractivity contribution in [2.24, 2.45) is 0 Å². The Morgan fingerprint density at radius 1 is 1.21 bits per heavy atom. The van der Waals surface area contributed by atoms with Gasteiger partial charge in [0.05, 0.1) is 5.69 Å². The summed E-state index contributed by atoms with van der Waals surface area (Å²) in [5, 5.41) is 6.97. The number of halogens is 3. The number of rotatable bonds is 0. The van der Waals surface area contributed by atoms with Crippen molar-refractivity contribution in [3.63, 3.8) is 0 Å². The van der Waals surface area contributed by atoms with Crippen molar-refractivity contribution in [2.45, 2.75) is 13.1 Å². The normalized spacial score (nSPS) is 12.3. The zero-order valence-electron chi connectivity index (χ0n) is 7.08. The topological polar surface area (TPSA) is 43.1 Å². The van der Waals surface area contributed by atoms with Crippen LogP contribution in [-0.4, -0.2) is 19.8 Å². The van der Waals surface area contributed by atoms with E-state index >= 15 is 0 Å². The summed E-state index contributed by atoms with van der Waals surface area (Å²) in [6.45, 7) is 1.66. The number of hydrogen-bond acceptors (Lipinski definition) is 3. The largest absolute Gasteiger partial charge is 0.453 e. The summed E-state index contributed by atoms with van der Waals surface area (Å²) in [4.78, 5) is 3.29. The van der Waals surface area contributed by atoms with E-state index in [0.29, 0.717) is 5.69 Å². The Bertz CT molecular complexity index is 473. The molecule has 0 amide bonds. The molecule has 0 spiro atoms. The number of nitrogens with zero attached hydrogens (tertiary/aromatic N) is 4. The number of alkyl halides is 3. The minimum absolute atomic E-state index is 0.0860. The fourth-order valence-electron chi connectivity index (χ4n) is 0.992. The molecular formula is C7H5F3N4. The van der Waals surface area contributed by atoms with Crippen LogP contribution in [0.15, 0.2) is 12.1 Å². The molecule has 2 aromatic rings. The van der Waals surface area contributed by atoms with Crippen LogP contribution in [-0.2, 0) is 6.18 Å². The van der Waals surface area contributed by atoms with Crippen LogP contribution in [0.5, 0.6) is 0 Å². The van der Waals surface area contributed by atoms with Crippen LogP contribution in [0.2, 0.25) is 0 Å². The standard InChI is InChI=1S/C7H5F3N4/c1-4-2-3-5-11-6(7(8,9)10)13-14(5)12-4/h2-3H,1H3. The second-order valence-corrected chi connectivity index (χ2v) is 2.76. The smallest absolute Gasteiger partial charge is 0.201 e. The van der Waals surface area contributed by atoms with Crippen LogP contribution >= 0.6 is 0 Å². The molecule has 74 valence electrons. The first kappa shape index (κ1) is 8.92. The lowest BCUT2D eigenvalue weighted by Gasteiger charge is -1.96. The van der Waals surface area contributed by atoms with E-state index in [1.807, 2.05) is 0 Å². The number of fused-ring (bicyclic) bond motifs is 1. The fourth-order valence-corrected chi connectivity index (χ4v) is 0.992. The molecular weight excluding hydrogens is 197 g/mol. The summed E-state index contributed by atoms with van der Waals surface area (Å²) in [6.07, 6.45) is -4.53. The molecule has 0 N–H and O–H groups in total. The maximum atomic E-state index is 12.2. The van der Waals surface area contributed by atoms with Gasteiger partial charge in [0.25, 0.3) is 5.82 Å². The van der Waals surface area contributed by atoms with Gasteiger partial charge in [-0.25, -0.2) is 4.98 Å². The molecule has 0 saturated heterocycles. The minimum atomic E-state index is -4.53. The molecule has 0 fully saturated rings. The molecule has 0 aliphatic rings. The first-order chi connectivity index (χ1) is 6.47. The van der Waals surface area contributed by atoms with Crippen LogP contribution < -0.4 is 0 Å². The average Bonchev–Trinajstić information content (AvgIpc) is 2.45. The molecule has 0 unspecified atom stereocenters. The SMILES string of the molecule is Cc1ccc2nc(C(F)(F)F)nn2n1. The highest BCUT2D eigenvalue weighted by atomic mass is 19.4. The van der Waals surface area contributed by atoms with Crippen LogP contribution in [0.3, 0.4) is 0 Å². The predicted molar refractivity (Wildman–Crippen MR) is 40.5 cm³/mol. The summed E-state index contributed by atoms with van der Waals surface area (Å²) >= 11 is 0. The van der Waals surface area contributed by atoms with Gasteiger partial charge in [0, 0.05) is 0 Å². The Labute approximate surface area is 76.4 Å². The molecule has 0 atom stereocenters. The van der Waals surface area contributed by atoms with Crippen molar-refractivity contribution < 1.29 is 13.2 Å². The zero-order chi connectivity index (χ0) is 10.3. The quantitative estimate of drug-likeness (QED) is 0.649. The molecule has 0 radical (unpaired) electrons. The molecule has 2 rings (SSSR count). The van der Waals surface area contributed by atoms with Crippen molar-refractivity contribution in [3.8, 4) is 0 Å². The second kappa shape index (κ2) is 2.66. The van der Waals surface area contributed by atoms with Gasteiger partial charge in [0.1, 0.15) is 0 Å². The Morgan fingerprint density at radius 2 is 1.93 bits per heavy atom. The van der Waals surface area contributed by atoms with Crippen molar-refractivity contribution >= 4 is 5.65 Å². The van der Waals surface area contributed by atoms with Gasteiger partial charge in [-0.1, -0.05) is 0 Å². The van der Waals surface area contributed by atoms with Gasteiger partial charge < -0.3 is 0 Å². The molecule has 7 heteroatoms. The number of hydrogen-bond donors (Lipinski definition) is 0. The Hall–Kier alpha value is -1.66. The van der Waals surface area contributed by atoms with E-state index in [9.17, 15) is 13.2 Å². The molecule has 14 heavy (non-hydrogen) atoms. The third kappa shape index (κ3) is 1.40. The van der Waals surface area contributed by atoms with Crippen LogP contribution in [0.25, 0.3) is 5.65 Å². The summed E-state index contributed by atoms with van der Waals surface area (Å²) in [5.74, 6) is -1.17. The van der Waals surface area contributed by atoms with E-state index in [4.69, 9.17) is 0 Å². The summed E-state index contributed by atoms with van der Waals surface area (Å²) in [7, 11) is 0. The van der Waals surface area contributed by atoms with Gasteiger partial charge in [-0.3, -0.25) is 0 Å². The lowest BCUT2D eigenvalue weighted by atomic mass is 10.4. The van der Waals surface area contributed by atoms with Crippen molar-refractivity contribution in [1.29, 1.82) is 0 Å². The molecule has 0 aliphatic carbocycles. The Kier molecular flexibility index (Phi) is 1.70. The second-order valence-electron chi connectivity index (χ2n) is 2.76. The average molecular weight is 202 g/mol. The predicted octanol–water partition coefficient (Wildman–Crippen LogP) is 1.45. The van der Waals surface area contributed by atoms with E-state index in [-0.39, 0.29) is 5.65 Å². The Balaban J connectivity index is 2.63. The molecule has 2 heterocycles. The molecule has 4 nitrogen and oxygen atoms in total.